The van der Waals surface area contributed by atoms with Gasteiger partial charge in [-0.25, -0.2) is 8.42 Å². The van der Waals surface area contributed by atoms with Crippen LogP contribution in [0.5, 0.6) is 0 Å². The monoisotopic (exact) mass is 446 g/mol. The Morgan fingerprint density at radius 2 is 1.56 bits per heavy atom. The quantitative estimate of drug-likeness (QED) is 0.568. The summed E-state index contributed by atoms with van der Waals surface area (Å²) >= 11 is 0. The lowest BCUT2D eigenvalue weighted by atomic mass is 9.99. The predicted octanol–water partition coefficient (Wildman–Crippen LogP) is 4.75. The highest BCUT2D eigenvalue weighted by Gasteiger charge is 2.23. The van der Waals surface area contributed by atoms with Crippen molar-refractivity contribution >= 4 is 27.2 Å². The van der Waals surface area contributed by atoms with Crippen LogP contribution in [-0.2, 0) is 10.0 Å². The van der Waals surface area contributed by atoms with Crippen molar-refractivity contribution in [3.63, 3.8) is 0 Å². The number of carbonyl (C=O) groups is 1. The SMILES string of the molecule is Cc1ccc(S(=O)(=O)N(C)c2ccc(C(=O)N3CC=C(c4ccccc4)CC3)cc2)cc1. The summed E-state index contributed by atoms with van der Waals surface area (Å²) in [6.07, 6.45) is 2.92. The molecule has 0 atom stereocenters. The fraction of sp³-hybridized carbons (Fsp3) is 0.192. The highest BCUT2D eigenvalue weighted by Crippen LogP contribution is 2.25. The van der Waals surface area contributed by atoms with Gasteiger partial charge in [0.05, 0.1) is 10.6 Å². The van der Waals surface area contributed by atoms with Crippen molar-refractivity contribution in [1.82, 2.24) is 4.90 Å². The fourth-order valence-electron chi connectivity index (χ4n) is 3.77. The first-order valence-electron chi connectivity index (χ1n) is 10.6. The van der Waals surface area contributed by atoms with E-state index in [1.807, 2.05) is 30.0 Å². The second-order valence-electron chi connectivity index (χ2n) is 7.93. The Balaban J connectivity index is 1.46. The van der Waals surface area contributed by atoms with Gasteiger partial charge in [0.2, 0.25) is 0 Å². The molecule has 0 radical (unpaired) electrons. The van der Waals surface area contributed by atoms with Crippen LogP contribution in [0.2, 0.25) is 0 Å². The van der Waals surface area contributed by atoms with Crippen molar-refractivity contribution in [2.45, 2.75) is 18.2 Å². The van der Waals surface area contributed by atoms with E-state index in [1.165, 1.54) is 22.5 Å². The van der Waals surface area contributed by atoms with Crippen LogP contribution in [0.25, 0.3) is 5.57 Å². The smallest absolute Gasteiger partial charge is 0.264 e. The number of aryl methyl sites for hydroxylation is 1. The van der Waals surface area contributed by atoms with E-state index in [1.54, 1.807) is 48.5 Å². The molecule has 5 nitrogen and oxygen atoms in total. The van der Waals surface area contributed by atoms with Gasteiger partial charge in [-0.1, -0.05) is 54.1 Å². The lowest BCUT2D eigenvalue weighted by molar-refractivity contribution is 0.0773. The van der Waals surface area contributed by atoms with E-state index in [9.17, 15) is 13.2 Å². The van der Waals surface area contributed by atoms with Gasteiger partial charge in [-0.2, -0.15) is 0 Å². The first-order chi connectivity index (χ1) is 15.4. The molecule has 1 aliphatic rings. The molecule has 164 valence electrons. The molecule has 1 heterocycles. The Kier molecular flexibility index (Phi) is 6.15. The molecule has 1 aliphatic heterocycles. The molecular formula is C26H26N2O3S. The maximum Gasteiger partial charge on any atom is 0.264 e. The average molecular weight is 447 g/mol. The van der Waals surface area contributed by atoms with Crippen LogP contribution in [-0.4, -0.2) is 39.4 Å². The molecule has 0 saturated heterocycles. The van der Waals surface area contributed by atoms with Gasteiger partial charge in [0.25, 0.3) is 15.9 Å². The van der Waals surface area contributed by atoms with Gasteiger partial charge in [-0.3, -0.25) is 9.10 Å². The number of hydrogen-bond acceptors (Lipinski definition) is 3. The number of rotatable bonds is 5. The van der Waals surface area contributed by atoms with Crippen LogP contribution in [0.3, 0.4) is 0 Å². The Labute approximate surface area is 189 Å². The third kappa shape index (κ3) is 4.46. The Bertz CT molecular complexity index is 1230. The summed E-state index contributed by atoms with van der Waals surface area (Å²) in [6.45, 7) is 3.13. The zero-order valence-electron chi connectivity index (χ0n) is 18.2. The zero-order chi connectivity index (χ0) is 22.7. The standard InChI is InChI=1S/C26H26N2O3S/c1-20-8-14-25(15-9-20)32(30,31)27(2)24-12-10-23(11-13-24)26(29)28-18-16-22(17-19-28)21-6-4-3-5-7-21/h3-16H,17-19H2,1-2H3. The van der Waals surface area contributed by atoms with Crippen LogP contribution < -0.4 is 4.31 Å². The van der Waals surface area contributed by atoms with E-state index in [-0.39, 0.29) is 10.8 Å². The molecule has 1 amide bonds. The predicted molar refractivity (Wildman–Crippen MR) is 128 cm³/mol. The molecular weight excluding hydrogens is 420 g/mol. The van der Waals surface area contributed by atoms with Gasteiger partial charge in [0.1, 0.15) is 0 Å². The van der Waals surface area contributed by atoms with E-state index in [0.717, 1.165) is 12.0 Å². The van der Waals surface area contributed by atoms with Crippen molar-refractivity contribution < 1.29 is 13.2 Å². The van der Waals surface area contributed by atoms with Crippen molar-refractivity contribution in [3.05, 3.63) is 102 Å². The minimum Gasteiger partial charge on any atom is -0.335 e. The topological polar surface area (TPSA) is 57.7 Å². The maximum absolute atomic E-state index is 12.9. The van der Waals surface area contributed by atoms with E-state index in [2.05, 4.69) is 18.2 Å². The number of benzene rings is 3. The molecule has 3 aromatic rings. The summed E-state index contributed by atoms with van der Waals surface area (Å²) in [6, 6.07) is 23.7. The summed E-state index contributed by atoms with van der Waals surface area (Å²) in [5.41, 5.74) is 4.51. The summed E-state index contributed by atoms with van der Waals surface area (Å²) in [5, 5.41) is 0. The van der Waals surface area contributed by atoms with Crippen LogP contribution in [0.15, 0.2) is 89.8 Å². The number of nitrogens with zero attached hydrogens (tertiary/aromatic N) is 2. The Hall–Kier alpha value is -3.38. The van der Waals surface area contributed by atoms with Crippen molar-refractivity contribution in [2.75, 3.05) is 24.4 Å². The number of anilines is 1. The summed E-state index contributed by atoms with van der Waals surface area (Å²) in [4.78, 5) is 15.0. The molecule has 0 aromatic heterocycles. The molecule has 6 heteroatoms. The minimum absolute atomic E-state index is 0.0519. The van der Waals surface area contributed by atoms with E-state index < -0.39 is 10.0 Å². The van der Waals surface area contributed by atoms with Gasteiger partial charge in [-0.15, -0.1) is 0 Å². The number of sulfonamides is 1. The number of carbonyl (C=O) groups excluding carboxylic acids is 1. The fourth-order valence-corrected chi connectivity index (χ4v) is 4.97. The Morgan fingerprint density at radius 3 is 2.16 bits per heavy atom. The highest BCUT2D eigenvalue weighted by atomic mass is 32.2. The van der Waals surface area contributed by atoms with Crippen molar-refractivity contribution in [1.29, 1.82) is 0 Å². The largest absolute Gasteiger partial charge is 0.335 e. The van der Waals surface area contributed by atoms with Crippen LogP contribution >= 0.6 is 0 Å². The molecule has 0 saturated carbocycles. The molecule has 0 N–H and O–H groups in total. The van der Waals surface area contributed by atoms with Crippen molar-refractivity contribution in [3.8, 4) is 0 Å². The van der Waals surface area contributed by atoms with Gasteiger partial charge in [0.15, 0.2) is 0 Å². The highest BCUT2D eigenvalue weighted by molar-refractivity contribution is 7.92. The molecule has 4 rings (SSSR count). The summed E-state index contributed by atoms with van der Waals surface area (Å²) in [7, 11) is -2.14. The second kappa shape index (κ2) is 9.01. The molecule has 0 fully saturated rings. The van der Waals surface area contributed by atoms with Gasteiger partial charge in [0, 0.05) is 25.7 Å². The molecule has 0 aliphatic carbocycles. The number of amides is 1. The summed E-state index contributed by atoms with van der Waals surface area (Å²) in [5.74, 6) is -0.0519. The zero-order valence-corrected chi connectivity index (χ0v) is 19.0. The second-order valence-corrected chi connectivity index (χ2v) is 9.90. The van der Waals surface area contributed by atoms with Crippen LogP contribution in [0, 0.1) is 6.92 Å². The lowest BCUT2D eigenvalue weighted by Crippen LogP contribution is -2.34. The first kappa shape index (κ1) is 21.8. The minimum atomic E-state index is -3.66. The molecule has 0 bridgehead atoms. The molecule has 0 unspecified atom stereocenters. The normalized spacial score (nSPS) is 14.1. The molecule has 3 aromatic carbocycles. The Morgan fingerprint density at radius 1 is 0.906 bits per heavy atom. The third-order valence-electron chi connectivity index (χ3n) is 5.80. The van der Waals surface area contributed by atoms with Crippen molar-refractivity contribution in [2.24, 2.45) is 0 Å². The van der Waals surface area contributed by atoms with E-state index in [4.69, 9.17) is 0 Å². The molecule has 0 spiro atoms. The number of hydrogen-bond donors (Lipinski definition) is 0. The van der Waals surface area contributed by atoms with E-state index in [0.29, 0.717) is 24.3 Å². The average Bonchev–Trinajstić information content (AvgIpc) is 2.84. The van der Waals surface area contributed by atoms with Crippen LogP contribution in [0.4, 0.5) is 5.69 Å². The maximum atomic E-state index is 12.9. The van der Waals surface area contributed by atoms with Gasteiger partial charge in [-0.05, 0) is 60.9 Å². The lowest BCUT2D eigenvalue weighted by Gasteiger charge is -2.27. The van der Waals surface area contributed by atoms with Gasteiger partial charge >= 0.3 is 0 Å². The summed E-state index contributed by atoms with van der Waals surface area (Å²) < 4.78 is 27.0. The van der Waals surface area contributed by atoms with Crippen LogP contribution in [0.1, 0.15) is 27.9 Å². The molecule has 32 heavy (non-hydrogen) atoms. The first-order valence-corrected chi connectivity index (χ1v) is 12.0. The van der Waals surface area contributed by atoms with Gasteiger partial charge < -0.3 is 4.90 Å². The third-order valence-corrected chi connectivity index (χ3v) is 7.60. The van der Waals surface area contributed by atoms with E-state index >= 15 is 0 Å².